The first kappa shape index (κ1) is 23.8. The van der Waals surface area contributed by atoms with Crippen molar-refractivity contribution in [2.75, 3.05) is 5.32 Å². The third kappa shape index (κ3) is 4.65. The molecule has 2 aliphatic rings. The fourth-order valence-electron chi connectivity index (χ4n) is 4.50. The summed E-state index contributed by atoms with van der Waals surface area (Å²) in [6.45, 7) is 6.00. The van der Waals surface area contributed by atoms with Crippen molar-refractivity contribution in [2.24, 2.45) is 5.92 Å². The molecule has 1 unspecified atom stereocenters. The molecule has 1 amide bonds. The molecule has 0 radical (unpaired) electrons. The lowest BCUT2D eigenvalue weighted by Crippen LogP contribution is -2.36. The minimum absolute atomic E-state index is 0.0251. The van der Waals surface area contributed by atoms with Gasteiger partial charge in [-0.2, -0.15) is 0 Å². The van der Waals surface area contributed by atoms with Crippen LogP contribution in [0.1, 0.15) is 74.2 Å². The van der Waals surface area contributed by atoms with Crippen molar-refractivity contribution in [3.05, 3.63) is 70.3 Å². The zero-order valence-corrected chi connectivity index (χ0v) is 20.8. The van der Waals surface area contributed by atoms with E-state index in [-0.39, 0.29) is 29.4 Å². The second kappa shape index (κ2) is 9.29. The standard InChI is InChI=1S/C27H31N7O2/c1-16(2)34-15-29-14-22(26(34)36)19-6-8-21(9-7-19)27(10-11-27)33-25(35)24-30-13-20(12-28)23(32-24)31-17(3)18-4-5-18/h6-9,12-18,28H,4-5,10-11H2,1-3H3,(H,33,35)(H,30,31,32). The lowest BCUT2D eigenvalue weighted by Gasteiger charge is -2.19. The van der Waals surface area contributed by atoms with Crippen molar-refractivity contribution >= 4 is 17.9 Å². The number of hydrogen-bond acceptors (Lipinski definition) is 7. The molecule has 1 aromatic carbocycles. The number of anilines is 1. The Morgan fingerprint density at radius 2 is 1.89 bits per heavy atom. The molecule has 2 fully saturated rings. The van der Waals surface area contributed by atoms with Gasteiger partial charge in [0.1, 0.15) is 5.82 Å². The van der Waals surface area contributed by atoms with Crippen molar-refractivity contribution in [1.82, 2.24) is 24.8 Å². The number of nitrogens with one attached hydrogen (secondary N) is 3. The summed E-state index contributed by atoms with van der Waals surface area (Å²) in [5, 5.41) is 14.1. The molecule has 36 heavy (non-hydrogen) atoms. The topological polar surface area (TPSA) is 126 Å². The normalized spacial score (nSPS) is 16.9. The summed E-state index contributed by atoms with van der Waals surface area (Å²) in [6, 6.07) is 7.98. The molecule has 0 spiro atoms. The quantitative estimate of drug-likeness (QED) is 0.395. The molecule has 3 aromatic rings. The van der Waals surface area contributed by atoms with Crippen LogP contribution in [-0.4, -0.2) is 37.7 Å². The van der Waals surface area contributed by atoms with Crippen LogP contribution in [0, 0.1) is 11.3 Å². The first-order valence-corrected chi connectivity index (χ1v) is 12.4. The van der Waals surface area contributed by atoms with Gasteiger partial charge < -0.3 is 16.0 Å². The Morgan fingerprint density at radius 3 is 2.50 bits per heavy atom. The van der Waals surface area contributed by atoms with Gasteiger partial charge in [0.2, 0.25) is 5.82 Å². The van der Waals surface area contributed by atoms with Gasteiger partial charge in [0.05, 0.1) is 23.0 Å². The maximum atomic E-state index is 13.1. The number of nitrogens with zero attached hydrogens (tertiary/aromatic N) is 4. The van der Waals surface area contributed by atoms with Crippen LogP contribution >= 0.6 is 0 Å². The molecule has 2 aliphatic carbocycles. The molecule has 3 N–H and O–H groups in total. The van der Waals surface area contributed by atoms with Crippen LogP contribution < -0.4 is 16.2 Å². The number of benzene rings is 1. The molecule has 0 saturated heterocycles. The number of aromatic nitrogens is 4. The van der Waals surface area contributed by atoms with Gasteiger partial charge in [0, 0.05) is 30.7 Å². The van der Waals surface area contributed by atoms with E-state index in [0.29, 0.717) is 22.9 Å². The van der Waals surface area contributed by atoms with Crippen molar-refractivity contribution in [3.8, 4) is 11.1 Å². The molecule has 186 valence electrons. The maximum absolute atomic E-state index is 13.1. The van der Waals surface area contributed by atoms with Crippen LogP contribution in [0.5, 0.6) is 0 Å². The third-order valence-corrected chi connectivity index (χ3v) is 7.14. The van der Waals surface area contributed by atoms with Crippen LogP contribution in [0.15, 0.2) is 47.8 Å². The maximum Gasteiger partial charge on any atom is 0.289 e. The monoisotopic (exact) mass is 485 g/mol. The highest BCUT2D eigenvalue weighted by molar-refractivity contribution is 5.93. The van der Waals surface area contributed by atoms with E-state index in [1.54, 1.807) is 17.1 Å². The highest BCUT2D eigenvalue weighted by atomic mass is 16.2. The van der Waals surface area contributed by atoms with Gasteiger partial charge in [-0.25, -0.2) is 15.0 Å². The Balaban J connectivity index is 1.34. The fourth-order valence-corrected chi connectivity index (χ4v) is 4.50. The van der Waals surface area contributed by atoms with Crippen molar-refractivity contribution < 1.29 is 4.79 Å². The zero-order valence-electron chi connectivity index (χ0n) is 20.8. The van der Waals surface area contributed by atoms with Gasteiger partial charge in [-0.1, -0.05) is 24.3 Å². The minimum Gasteiger partial charge on any atom is -0.367 e. The Labute approximate surface area is 209 Å². The molecule has 0 aliphatic heterocycles. The van der Waals surface area contributed by atoms with Crippen molar-refractivity contribution in [1.29, 1.82) is 5.41 Å². The summed E-state index contributed by atoms with van der Waals surface area (Å²) < 4.78 is 1.62. The first-order chi connectivity index (χ1) is 17.3. The number of carbonyl (C=O) groups is 1. The fraction of sp³-hybridized carbons (Fsp3) is 0.407. The summed E-state index contributed by atoms with van der Waals surface area (Å²) in [7, 11) is 0. The largest absolute Gasteiger partial charge is 0.367 e. The van der Waals surface area contributed by atoms with Crippen LogP contribution in [0.3, 0.4) is 0 Å². The van der Waals surface area contributed by atoms with Crippen LogP contribution in [0.4, 0.5) is 5.82 Å². The highest BCUT2D eigenvalue weighted by Crippen LogP contribution is 2.46. The molecule has 2 saturated carbocycles. The summed E-state index contributed by atoms with van der Waals surface area (Å²) >= 11 is 0. The summed E-state index contributed by atoms with van der Waals surface area (Å²) in [6.07, 6.45) is 9.86. The van der Waals surface area contributed by atoms with Crippen LogP contribution in [-0.2, 0) is 5.54 Å². The Kier molecular flexibility index (Phi) is 6.15. The molecular weight excluding hydrogens is 454 g/mol. The van der Waals surface area contributed by atoms with Gasteiger partial charge in [-0.15, -0.1) is 0 Å². The Bertz CT molecular complexity index is 1360. The zero-order chi connectivity index (χ0) is 25.4. The van der Waals surface area contributed by atoms with E-state index >= 15 is 0 Å². The second-order valence-corrected chi connectivity index (χ2v) is 10.1. The summed E-state index contributed by atoms with van der Waals surface area (Å²) in [4.78, 5) is 38.8. The second-order valence-electron chi connectivity index (χ2n) is 10.1. The van der Waals surface area contributed by atoms with Gasteiger partial charge in [-0.3, -0.25) is 14.2 Å². The summed E-state index contributed by atoms with van der Waals surface area (Å²) in [5.74, 6) is 0.858. The number of hydrogen-bond donors (Lipinski definition) is 3. The molecule has 1 atom stereocenters. The lowest BCUT2D eigenvalue weighted by molar-refractivity contribution is 0.0920. The van der Waals surface area contributed by atoms with E-state index in [0.717, 1.165) is 24.0 Å². The van der Waals surface area contributed by atoms with Gasteiger partial charge in [0.25, 0.3) is 11.5 Å². The van der Waals surface area contributed by atoms with Crippen molar-refractivity contribution in [3.63, 3.8) is 0 Å². The molecule has 2 heterocycles. The predicted octanol–water partition coefficient (Wildman–Crippen LogP) is 3.91. The Morgan fingerprint density at radius 1 is 1.17 bits per heavy atom. The number of carbonyl (C=O) groups excluding carboxylic acids is 1. The lowest BCUT2D eigenvalue weighted by atomic mass is 10.0. The van der Waals surface area contributed by atoms with E-state index < -0.39 is 5.54 Å². The predicted molar refractivity (Wildman–Crippen MR) is 138 cm³/mol. The number of rotatable bonds is 9. The molecular formula is C27H31N7O2. The summed E-state index contributed by atoms with van der Waals surface area (Å²) in [5.41, 5.74) is 2.33. The molecule has 9 nitrogen and oxygen atoms in total. The third-order valence-electron chi connectivity index (χ3n) is 7.14. The van der Waals surface area contributed by atoms with Gasteiger partial charge in [0.15, 0.2) is 0 Å². The minimum atomic E-state index is -0.471. The molecule has 2 aromatic heterocycles. The molecule has 0 bridgehead atoms. The van der Waals surface area contributed by atoms with E-state index in [2.05, 4.69) is 32.5 Å². The smallest absolute Gasteiger partial charge is 0.289 e. The Hall–Kier alpha value is -3.88. The van der Waals surface area contributed by atoms with Crippen LogP contribution in [0.2, 0.25) is 0 Å². The highest BCUT2D eigenvalue weighted by Gasteiger charge is 2.46. The average Bonchev–Trinajstić information content (AvgIpc) is 3.80. The first-order valence-electron chi connectivity index (χ1n) is 12.4. The van der Waals surface area contributed by atoms with E-state index in [1.807, 2.05) is 38.1 Å². The van der Waals surface area contributed by atoms with Gasteiger partial charge >= 0.3 is 0 Å². The van der Waals surface area contributed by atoms with Crippen molar-refractivity contribution in [2.45, 2.75) is 64.1 Å². The van der Waals surface area contributed by atoms with Gasteiger partial charge in [-0.05, 0) is 63.5 Å². The molecule has 5 rings (SSSR count). The SMILES string of the molecule is CC(Nc1nc(C(=O)NC2(c3ccc(-c4cncn(C(C)C)c4=O)cc3)CC2)ncc1C=N)C1CC1. The van der Waals surface area contributed by atoms with E-state index in [4.69, 9.17) is 5.41 Å². The van der Waals surface area contributed by atoms with Crippen LogP contribution in [0.25, 0.3) is 11.1 Å². The van der Waals surface area contributed by atoms with E-state index in [1.165, 1.54) is 25.3 Å². The number of amides is 1. The molecule has 9 heteroatoms. The van der Waals surface area contributed by atoms with E-state index in [9.17, 15) is 9.59 Å². The average molecular weight is 486 g/mol.